The number of unbranched alkanes of at least 4 members (excludes halogenated alkanes) is 6. The molecule has 1 rings (SSSR count). The predicted molar refractivity (Wildman–Crippen MR) is 61.2 cm³/mol. The van der Waals surface area contributed by atoms with E-state index in [4.69, 9.17) is 4.42 Å². The predicted octanol–water partition coefficient (Wildman–Crippen LogP) is 1.68. The molecular formula is C13H21NO3. The van der Waals surface area contributed by atoms with Crippen molar-refractivity contribution in [2.75, 3.05) is 0 Å². The highest BCUT2D eigenvalue weighted by Gasteiger charge is 2.14. The number of hydrogen-bond acceptors (Lipinski definition) is 3. The molecule has 4 nitrogen and oxygen atoms in total. The van der Waals surface area contributed by atoms with Gasteiger partial charge in [0.15, 0.2) is 18.8 Å². The lowest BCUT2D eigenvalue weighted by Crippen LogP contribution is -2.42. The molecule has 0 aliphatic carbocycles. The van der Waals surface area contributed by atoms with Crippen LogP contribution in [-0.2, 0) is 6.54 Å². The Labute approximate surface area is 102 Å². The van der Waals surface area contributed by atoms with Gasteiger partial charge in [-0.05, 0) is 6.42 Å². The molecule has 1 heterocycles. The Morgan fingerprint density at radius 2 is 1.88 bits per heavy atom. The topological polar surface area (TPSA) is 57.2 Å². The number of carboxylic acid groups (broad SMARTS) is 1. The Bertz CT molecular complexity index is 333. The maximum absolute atomic E-state index is 10.7. The molecule has 0 atom stereocenters. The van der Waals surface area contributed by atoms with E-state index in [1.807, 2.05) is 0 Å². The molecule has 0 unspecified atom stereocenters. The van der Waals surface area contributed by atoms with Crippen molar-refractivity contribution in [2.45, 2.75) is 58.4 Å². The van der Waals surface area contributed by atoms with Gasteiger partial charge in [-0.25, -0.2) is 0 Å². The summed E-state index contributed by atoms with van der Waals surface area (Å²) < 4.78 is 6.44. The summed E-state index contributed by atoms with van der Waals surface area (Å²) in [7, 11) is 0. The molecule has 1 aromatic rings. The number of aromatic carboxylic acids is 1. The number of rotatable bonds is 9. The van der Waals surface area contributed by atoms with Crippen LogP contribution in [-0.4, -0.2) is 5.97 Å². The van der Waals surface area contributed by atoms with Gasteiger partial charge in [-0.1, -0.05) is 39.0 Å². The van der Waals surface area contributed by atoms with Crippen molar-refractivity contribution in [1.29, 1.82) is 0 Å². The van der Waals surface area contributed by atoms with E-state index in [-0.39, 0.29) is 5.89 Å². The zero-order valence-corrected chi connectivity index (χ0v) is 10.5. The summed E-state index contributed by atoms with van der Waals surface area (Å²) in [6, 6.07) is 0. The van der Waals surface area contributed by atoms with Crippen molar-refractivity contribution in [3.63, 3.8) is 0 Å². The third-order valence-corrected chi connectivity index (χ3v) is 2.86. The van der Waals surface area contributed by atoms with Crippen LogP contribution in [0.2, 0.25) is 0 Å². The van der Waals surface area contributed by atoms with Crippen molar-refractivity contribution in [3.8, 4) is 0 Å². The van der Waals surface area contributed by atoms with Crippen LogP contribution < -0.4 is 9.67 Å². The average molecular weight is 239 g/mol. The van der Waals surface area contributed by atoms with E-state index in [0.29, 0.717) is 6.54 Å². The quantitative estimate of drug-likeness (QED) is 0.486. The van der Waals surface area contributed by atoms with Crippen molar-refractivity contribution in [1.82, 2.24) is 0 Å². The van der Waals surface area contributed by atoms with Gasteiger partial charge in [0.1, 0.15) is 0 Å². The Morgan fingerprint density at radius 3 is 2.53 bits per heavy atom. The van der Waals surface area contributed by atoms with Gasteiger partial charge in [-0.2, -0.15) is 4.57 Å². The van der Waals surface area contributed by atoms with E-state index in [1.54, 1.807) is 10.8 Å². The van der Waals surface area contributed by atoms with E-state index in [1.165, 1.54) is 38.4 Å². The molecular weight excluding hydrogens is 218 g/mol. The second-order valence-corrected chi connectivity index (χ2v) is 4.31. The summed E-state index contributed by atoms with van der Waals surface area (Å²) in [6.45, 7) is 2.89. The van der Waals surface area contributed by atoms with Crippen molar-refractivity contribution in [3.05, 3.63) is 18.4 Å². The summed E-state index contributed by atoms with van der Waals surface area (Å²) in [6.07, 6.45) is 11.5. The summed E-state index contributed by atoms with van der Waals surface area (Å²) >= 11 is 0. The standard InChI is InChI=1S/C13H21NO3/c1-2-3-4-5-6-7-8-9-14-10-11-17-12(14)13(15)16/h10-11H,2-9H2,1H3. The number of nitrogens with zero attached hydrogens (tertiary/aromatic N) is 1. The Hall–Kier alpha value is -1.32. The number of carboxylic acids is 1. The zero-order chi connectivity index (χ0) is 12.5. The molecule has 0 spiro atoms. The first kappa shape index (κ1) is 13.7. The average Bonchev–Trinajstić information content (AvgIpc) is 2.76. The molecule has 0 radical (unpaired) electrons. The number of carbonyl (C=O) groups excluding carboxylic acids is 1. The van der Waals surface area contributed by atoms with E-state index >= 15 is 0 Å². The highest BCUT2D eigenvalue weighted by molar-refractivity contribution is 5.78. The lowest BCUT2D eigenvalue weighted by Gasteiger charge is -1.99. The van der Waals surface area contributed by atoms with Gasteiger partial charge in [-0.3, -0.25) is 0 Å². The number of aromatic nitrogens is 1. The molecule has 0 aliphatic rings. The monoisotopic (exact) mass is 239 g/mol. The summed E-state index contributed by atoms with van der Waals surface area (Å²) in [5, 5.41) is 10.7. The first-order valence-corrected chi connectivity index (χ1v) is 6.44. The van der Waals surface area contributed by atoms with Crippen LogP contribution in [0.3, 0.4) is 0 Å². The van der Waals surface area contributed by atoms with Crippen LogP contribution in [0, 0.1) is 0 Å². The Morgan fingerprint density at radius 1 is 1.24 bits per heavy atom. The fourth-order valence-corrected chi connectivity index (χ4v) is 1.88. The normalized spacial score (nSPS) is 10.6. The first-order chi connectivity index (χ1) is 8.25. The number of carbonyl (C=O) groups is 1. The SMILES string of the molecule is CCCCCCCCC[n+]1ccoc1C(=O)[O-]. The van der Waals surface area contributed by atoms with E-state index < -0.39 is 5.97 Å². The van der Waals surface area contributed by atoms with Crippen molar-refractivity contribution < 1.29 is 18.9 Å². The fraction of sp³-hybridized carbons (Fsp3) is 0.692. The molecule has 0 aromatic carbocycles. The van der Waals surface area contributed by atoms with Gasteiger partial charge in [-0.15, -0.1) is 0 Å². The van der Waals surface area contributed by atoms with Gasteiger partial charge < -0.3 is 14.3 Å². The minimum atomic E-state index is -1.25. The summed E-state index contributed by atoms with van der Waals surface area (Å²) in [4.78, 5) is 10.7. The van der Waals surface area contributed by atoms with Crippen LogP contribution in [0.1, 0.15) is 62.6 Å². The maximum atomic E-state index is 10.7. The molecule has 4 heteroatoms. The fourth-order valence-electron chi connectivity index (χ4n) is 1.88. The molecule has 0 bridgehead atoms. The Balaban J connectivity index is 2.14. The zero-order valence-electron chi connectivity index (χ0n) is 10.5. The maximum Gasteiger partial charge on any atom is 0.396 e. The molecule has 96 valence electrons. The Kier molecular flexibility index (Phi) is 6.37. The largest absolute Gasteiger partial charge is 0.537 e. The summed E-state index contributed by atoms with van der Waals surface area (Å²) in [5.74, 6) is -1.34. The molecule has 17 heavy (non-hydrogen) atoms. The summed E-state index contributed by atoms with van der Waals surface area (Å²) in [5.41, 5.74) is 0. The van der Waals surface area contributed by atoms with Crippen molar-refractivity contribution in [2.24, 2.45) is 0 Å². The number of hydrogen-bond donors (Lipinski definition) is 0. The second-order valence-electron chi connectivity index (χ2n) is 4.31. The lowest BCUT2D eigenvalue weighted by molar-refractivity contribution is -0.704. The van der Waals surface area contributed by atoms with Crippen molar-refractivity contribution >= 4 is 5.97 Å². The van der Waals surface area contributed by atoms with Crippen LogP contribution in [0.25, 0.3) is 0 Å². The van der Waals surface area contributed by atoms with E-state index in [2.05, 4.69) is 6.92 Å². The van der Waals surface area contributed by atoms with E-state index in [9.17, 15) is 9.90 Å². The van der Waals surface area contributed by atoms with Crippen LogP contribution in [0.15, 0.2) is 16.9 Å². The molecule has 0 saturated heterocycles. The molecule has 0 amide bonds. The smallest absolute Gasteiger partial charge is 0.396 e. The minimum absolute atomic E-state index is 0.0871. The van der Waals surface area contributed by atoms with Gasteiger partial charge in [0.05, 0.1) is 0 Å². The highest BCUT2D eigenvalue weighted by Crippen LogP contribution is 2.06. The third kappa shape index (κ3) is 5.02. The molecule has 0 fully saturated rings. The van der Waals surface area contributed by atoms with Gasteiger partial charge >= 0.3 is 5.89 Å². The van der Waals surface area contributed by atoms with Gasteiger partial charge in [0, 0.05) is 6.42 Å². The minimum Gasteiger partial charge on any atom is -0.537 e. The number of aryl methyl sites for hydroxylation is 1. The van der Waals surface area contributed by atoms with Crippen LogP contribution in [0.4, 0.5) is 0 Å². The lowest BCUT2D eigenvalue weighted by atomic mass is 10.1. The number of oxazole rings is 1. The third-order valence-electron chi connectivity index (χ3n) is 2.86. The van der Waals surface area contributed by atoms with E-state index in [0.717, 1.165) is 12.8 Å². The highest BCUT2D eigenvalue weighted by atomic mass is 16.4. The molecule has 1 aromatic heterocycles. The first-order valence-electron chi connectivity index (χ1n) is 6.44. The van der Waals surface area contributed by atoms with Crippen LogP contribution in [0.5, 0.6) is 0 Å². The molecule has 0 N–H and O–H groups in total. The molecule has 0 saturated carbocycles. The van der Waals surface area contributed by atoms with Gasteiger partial charge in [0.25, 0.3) is 0 Å². The van der Waals surface area contributed by atoms with Crippen LogP contribution >= 0.6 is 0 Å². The molecule has 0 aliphatic heterocycles. The second kappa shape index (κ2) is 7.87. The van der Waals surface area contributed by atoms with Gasteiger partial charge in [0.2, 0.25) is 6.20 Å².